The van der Waals surface area contributed by atoms with Crippen LogP contribution in [-0.4, -0.2) is 46.2 Å². The average molecular weight is 476 g/mol. The van der Waals surface area contributed by atoms with E-state index in [0.717, 1.165) is 40.7 Å². The molecule has 2 aromatic heterocycles. The minimum atomic E-state index is -0.714. The smallest absolute Gasteiger partial charge is 0.414 e. The number of amides is 2. The van der Waals surface area contributed by atoms with Crippen LogP contribution in [0.2, 0.25) is 0 Å². The number of imidazole rings is 1. The Kier molecular flexibility index (Phi) is 4.81. The first kappa shape index (κ1) is 21.9. The molecule has 3 aromatic rings. The minimum Gasteiger partial charge on any atom is -0.473 e. The van der Waals surface area contributed by atoms with E-state index in [1.165, 1.54) is 4.90 Å². The van der Waals surface area contributed by atoms with Gasteiger partial charge in [-0.05, 0) is 45.7 Å². The number of nitrogens with zero attached hydrogens (tertiary/aromatic N) is 4. The maximum atomic E-state index is 12.4. The topological polar surface area (TPSA) is 98.6 Å². The highest BCUT2D eigenvalue weighted by atomic mass is 16.6. The van der Waals surface area contributed by atoms with Crippen molar-refractivity contribution in [3.63, 3.8) is 0 Å². The number of carbonyl (C=O) groups excluding carboxylic acids is 2. The fourth-order valence-electron chi connectivity index (χ4n) is 5.03. The lowest BCUT2D eigenvalue weighted by Gasteiger charge is -2.37. The third-order valence-electron chi connectivity index (χ3n) is 7.35. The summed E-state index contributed by atoms with van der Waals surface area (Å²) < 4.78 is 14.2. The zero-order valence-electron chi connectivity index (χ0n) is 20.4. The van der Waals surface area contributed by atoms with Gasteiger partial charge in [0.1, 0.15) is 17.2 Å². The van der Waals surface area contributed by atoms with E-state index in [9.17, 15) is 9.59 Å². The molecule has 3 aliphatic rings. The number of rotatable bonds is 5. The van der Waals surface area contributed by atoms with Crippen molar-refractivity contribution in [2.45, 2.75) is 57.8 Å². The van der Waals surface area contributed by atoms with E-state index in [1.54, 1.807) is 7.05 Å². The summed E-state index contributed by atoms with van der Waals surface area (Å²) in [6, 6.07) is 8.34. The number of pyridine rings is 1. The van der Waals surface area contributed by atoms with E-state index in [0.29, 0.717) is 30.6 Å². The number of ether oxygens (including phenoxy) is 2. The number of fused-ring (bicyclic) bond motifs is 2. The van der Waals surface area contributed by atoms with Gasteiger partial charge < -0.3 is 19.4 Å². The summed E-state index contributed by atoms with van der Waals surface area (Å²) in [5.41, 5.74) is 4.30. The summed E-state index contributed by atoms with van der Waals surface area (Å²) in [6.07, 6.45) is 3.98. The normalized spacial score (nSPS) is 22.1. The van der Waals surface area contributed by atoms with Gasteiger partial charge in [0, 0.05) is 43.1 Å². The van der Waals surface area contributed by atoms with E-state index < -0.39 is 5.60 Å². The summed E-state index contributed by atoms with van der Waals surface area (Å²) in [6.45, 7) is 6.38. The second-order valence-electron chi connectivity index (χ2n) is 10.3. The van der Waals surface area contributed by atoms with Gasteiger partial charge >= 0.3 is 6.09 Å². The molecule has 1 saturated carbocycles. The van der Waals surface area contributed by atoms with E-state index in [-0.39, 0.29) is 24.0 Å². The van der Waals surface area contributed by atoms with Crippen molar-refractivity contribution < 1.29 is 19.1 Å². The van der Waals surface area contributed by atoms with Crippen LogP contribution in [0.5, 0.6) is 5.88 Å². The summed E-state index contributed by atoms with van der Waals surface area (Å²) in [5, 5.41) is 2.89. The van der Waals surface area contributed by atoms with Crippen LogP contribution in [0.25, 0.3) is 22.3 Å². The summed E-state index contributed by atoms with van der Waals surface area (Å²) in [5.74, 6) is 0.672. The summed E-state index contributed by atoms with van der Waals surface area (Å²) >= 11 is 0. The highest BCUT2D eigenvalue weighted by Crippen LogP contribution is 2.43. The molecule has 35 heavy (non-hydrogen) atoms. The molecule has 0 spiro atoms. The Balaban J connectivity index is 1.44. The SMILES string of the molecule is CC(Oc1nc(-c2ccc3c(c2)N(C)C(=O)OC3(C)C)cc2ncn(C3CC3)c12)C1CNC(=O)C1. The van der Waals surface area contributed by atoms with Crippen molar-refractivity contribution in [3.8, 4) is 17.1 Å². The first-order chi connectivity index (χ1) is 16.7. The molecule has 0 radical (unpaired) electrons. The molecule has 6 rings (SSSR count). The van der Waals surface area contributed by atoms with E-state index >= 15 is 0 Å². The molecule has 2 unspecified atom stereocenters. The van der Waals surface area contributed by atoms with Crippen molar-refractivity contribution in [1.29, 1.82) is 0 Å². The van der Waals surface area contributed by atoms with Gasteiger partial charge in [0.15, 0.2) is 0 Å². The van der Waals surface area contributed by atoms with Gasteiger partial charge in [-0.25, -0.2) is 14.8 Å². The molecule has 1 aliphatic carbocycles. The number of cyclic esters (lactones) is 1. The van der Waals surface area contributed by atoms with Crippen LogP contribution in [0, 0.1) is 5.92 Å². The first-order valence-electron chi connectivity index (χ1n) is 12.1. The van der Waals surface area contributed by atoms with Crippen LogP contribution in [0.3, 0.4) is 0 Å². The molecule has 9 nitrogen and oxygen atoms in total. The molecule has 1 N–H and O–H groups in total. The van der Waals surface area contributed by atoms with E-state index in [2.05, 4.69) is 14.9 Å². The molecule has 182 valence electrons. The lowest BCUT2D eigenvalue weighted by atomic mass is 9.92. The zero-order valence-corrected chi connectivity index (χ0v) is 20.4. The Bertz CT molecular complexity index is 1360. The van der Waals surface area contributed by atoms with E-state index in [1.807, 2.05) is 51.4 Å². The fourth-order valence-corrected chi connectivity index (χ4v) is 5.03. The van der Waals surface area contributed by atoms with Crippen molar-refractivity contribution in [2.75, 3.05) is 18.5 Å². The fraction of sp³-hybridized carbons (Fsp3) is 0.462. The molecule has 1 aromatic carbocycles. The number of aromatic nitrogens is 3. The van der Waals surface area contributed by atoms with Gasteiger partial charge in [-0.2, -0.15) is 0 Å². The van der Waals surface area contributed by atoms with Gasteiger partial charge in [-0.1, -0.05) is 12.1 Å². The van der Waals surface area contributed by atoms with Crippen LogP contribution in [-0.2, 0) is 15.1 Å². The quantitative estimate of drug-likeness (QED) is 0.595. The highest BCUT2D eigenvalue weighted by molar-refractivity contribution is 5.93. The van der Waals surface area contributed by atoms with Gasteiger partial charge in [-0.3, -0.25) is 9.69 Å². The van der Waals surface area contributed by atoms with Crippen molar-refractivity contribution in [2.24, 2.45) is 5.92 Å². The molecule has 4 heterocycles. The molecule has 2 amide bonds. The number of nitrogens with one attached hydrogen (secondary N) is 1. The number of benzene rings is 1. The van der Waals surface area contributed by atoms with Crippen molar-refractivity contribution in [3.05, 3.63) is 36.2 Å². The Morgan fingerprint density at radius 3 is 2.74 bits per heavy atom. The van der Waals surface area contributed by atoms with Crippen molar-refractivity contribution >= 4 is 28.7 Å². The zero-order chi connectivity index (χ0) is 24.5. The van der Waals surface area contributed by atoms with Crippen LogP contribution in [0.15, 0.2) is 30.6 Å². The standard InChI is InChI=1S/C26H29N5O4/c1-14(16-10-22(32)27-12-16)34-24-23-20(28-13-31(23)17-6-7-17)11-19(29-24)15-5-8-18-21(9-15)30(4)25(33)35-26(18,2)3/h5,8-9,11,13-14,16-17H,6-7,10,12H2,1-4H3,(H,27,32). The Labute approximate surface area is 203 Å². The van der Waals surface area contributed by atoms with Crippen LogP contribution >= 0.6 is 0 Å². The molecule has 9 heteroatoms. The monoisotopic (exact) mass is 475 g/mol. The van der Waals surface area contributed by atoms with Crippen molar-refractivity contribution in [1.82, 2.24) is 19.9 Å². The van der Waals surface area contributed by atoms with Crippen LogP contribution in [0.1, 0.15) is 51.6 Å². The lowest BCUT2D eigenvalue weighted by molar-refractivity contribution is -0.119. The molecule has 0 bridgehead atoms. The highest BCUT2D eigenvalue weighted by Gasteiger charge is 2.37. The number of hydrogen-bond acceptors (Lipinski definition) is 6. The predicted molar refractivity (Wildman–Crippen MR) is 130 cm³/mol. The molecule has 2 fully saturated rings. The van der Waals surface area contributed by atoms with Gasteiger partial charge in [0.05, 0.1) is 23.2 Å². The molecule has 2 atom stereocenters. The van der Waals surface area contributed by atoms with Gasteiger partial charge in [-0.15, -0.1) is 0 Å². The Morgan fingerprint density at radius 2 is 2.03 bits per heavy atom. The maximum Gasteiger partial charge on any atom is 0.414 e. The predicted octanol–water partition coefficient (Wildman–Crippen LogP) is 4.16. The van der Waals surface area contributed by atoms with Crippen LogP contribution in [0.4, 0.5) is 10.5 Å². The Hall–Kier alpha value is -3.62. The van der Waals surface area contributed by atoms with Gasteiger partial charge in [0.2, 0.25) is 11.8 Å². The maximum absolute atomic E-state index is 12.4. The van der Waals surface area contributed by atoms with Crippen LogP contribution < -0.4 is 15.0 Å². The number of carbonyl (C=O) groups is 2. The van der Waals surface area contributed by atoms with Gasteiger partial charge in [0.25, 0.3) is 0 Å². The molecular weight excluding hydrogens is 446 g/mol. The number of hydrogen-bond donors (Lipinski definition) is 1. The second-order valence-corrected chi connectivity index (χ2v) is 10.3. The second kappa shape index (κ2) is 7.69. The van der Waals surface area contributed by atoms with E-state index in [4.69, 9.17) is 14.5 Å². The third-order valence-corrected chi connectivity index (χ3v) is 7.35. The Morgan fingerprint density at radius 1 is 1.23 bits per heavy atom. The number of anilines is 1. The minimum absolute atomic E-state index is 0.0555. The third kappa shape index (κ3) is 3.69. The largest absolute Gasteiger partial charge is 0.473 e. The summed E-state index contributed by atoms with van der Waals surface area (Å²) in [7, 11) is 1.71. The molecule has 1 saturated heterocycles. The average Bonchev–Trinajstić information content (AvgIpc) is 3.42. The lowest BCUT2D eigenvalue weighted by Crippen LogP contribution is -2.41. The summed E-state index contributed by atoms with van der Waals surface area (Å²) in [4.78, 5) is 35.3. The molecule has 2 aliphatic heterocycles. The molecular formula is C26H29N5O4. The first-order valence-corrected chi connectivity index (χ1v) is 12.1.